The highest BCUT2D eigenvalue weighted by molar-refractivity contribution is 6.29. The molecule has 0 amide bonds. The van der Waals surface area contributed by atoms with E-state index in [4.69, 9.17) is 16.3 Å². The molecule has 2 rings (SSSR count). The number of nitrogens with one attached hydrogen (secondary N) is 1. The van der Waals surface area contributed by atoms with E-state index in [1.54, 1.807) is 19.4 Å². The third kappa shape index (κ3) is 3.29. The van der Waals surface area contributed by atoms with Crippen LogP contribution in [0.1, 0.15) is 5.56 Å². The first-order valence-electron chi connectivity index (χ1n) is 4.98. The summed E-state index contributed by atoms with van der Waals surface area (Å²) in [6.07, 6.45) is 3.16. The summed E-state index contributed by atoms with van der Waals surface area (Å²) < 4.78 is 4.98. The Balaban J connectivity index is 1.97. The van der Waals surface area contributed by atoms with Crippen molar-refractivity contribution in [2.45, 2.75) is 6.54 Å². The normalized spacial score (nSPS) is 10.0. The van der Waals surface area contributed by atoms with Crippen molar-refractivity contribution in [3.8, 4) is 5.88 Å². The van der Waals surface area contributed by atoms with E-state index >= 15 is 0 Å². The van der Waals surface area contributed by atoms with Gasteiger partial charge >= 0.3 is 0 Å². The van der Waals surface area contributed by atoms with Gasteiger partial charge in [-0.1, -0.05) is 17.7 Å². The average molecular weight is 251 g/mol. The Morgan fingerprint density at radius 2 is 2.18 bits per heavy atom. The highest BCUT2D eigenvalue weighted by Gasteiger charge is 1.98. The molecule has 0 bridgehead atoms. The monoisotopic (exact) mass is 250 g/mol. The van der Waals surface area contributed by atoms with E-state index in [9.17, 15) is 0 Å². The fourth-order valence-corrected chi connectivity index (χ4v) is 1.41. The smallest absolute Gasteiger partial charge is 0.212 e. The van der Waals surface area contributed by atoms with Crippen molar-refractivity contribution >= 4 is 17.4 Å². The van der Waals surface area contributed by atoms with Gasteiger partial charge in [-0.3, -0.25) is 0 Å². The van der Waals surface area contributed by atoms with Gasteiger partial charge < -0.3 is 10.1 Å². The van der Waals surface area contributed by atoms with Crippen molar-refractivity contribution in [3.05, 3.63) is 41.4 Å². The fraction of sp³-hybridized carbons (Fsp3) is 0.182. The van der Waals surface area contributed by atoms with Crippen LogP contribution in [-0.4, -0.2) is 22.1 Å². The van der Waals surface area contributed by atoms with Gasteiger partial charge in [0.05, 0.1) is 7.11 Å². The summed E-state index contributed by atoms with van der Waals surface area (Å²) in [6, 6.07) is 5.41. The second-order valence-electron chi connectivity index (χ2n) is 3.29. The van der Waals surface area contributed by atoms with E-state index < -0.39 is 0 Å². The summed E-state index contributed by atoms with van der Waals surface area (Å²) in [5.41, 5.74) is 1.03. The minimum Gasteiger partial charge on any atom is -0.481 e. The summed E-state index contributed by atoms with van der Waals surface area (Å²) >= 11 is 5.75. The molecule has 2 aromatic heterocycles. The van der Waals surface area contributed by atoms with Gasteiger partial charge in [0.2, 0.25) is 5.88 Å². The lowest BCUT2D eigenvalue weighted by molar-refractivity contribution is 0.397. The zero-order valence-corrected chi connectivity index (χ0v) is 9.98. The Labute approximate surface area is 104 Å². The van der Waals surface area contributed by atoms with Crippen LogP contribution in [0.2, 0.25) is 5.15 Å². The van der Waals surface area contributed by atoms with Crippen molar-refractivity contribution < 1.29 is 4.74 Å². The van der Waals surface area contributed by atoms with E-state index in [1.807, 2.05) is 12.1 Å². The summed E-state index contributed by atoms with van der Waals surface area (Å²) in [7, 11) is 1.59. The van der Waals surface area contributed by atoms with E-state index in [0.717, 1.165) is 5.56 Å². The predicted octanol–water partition coefficient (Wildman–Crippen LogP) is 2.15. The van der Waals surface area contributed by atoms with Crippen LogP contribution in [0.4, 0.5) is 5.82 Å². The van der Waals surface area contributed by atoms with Gasteiger partial charge in [-0.2, -0.15) is 0 Å². The summed E-state index contributed by atoms with van der Waals surface area (Å²) in [4.78, 5) is 11.9. The number of halogens is 1. The van der Waals surface area contributed by atoms with Crippen LogP contribution in [-0.2, 0) is 6.54 Å². The number of anilines is 1. The second-order valence-corrected chi connectivity index (χ2v) is 3.68. The number of ether oxygens (including phenoxy) is 1. The molecule has 5 nitrogen and oxygen atoms in total. The lowest BCUT2D eigenvalue weighted by Crippen LogP contribution is -2.02. The number of rotatable bonds is 4. The Bertz CT molecular complexity index is 489. The first-order chi connectivity index (χ1) is 8.28. The van der Waals surface area contributed by atoms with E-state index in [2.05, 4.69) is 20.3 Å². The van der Waals surface area contributed by atoms with E-state index in [1.165, 1.54) is 6.33 Å². The molecule has 17 heavy (non-hydrogen) atoms. The zero-order valence-electron chi connectivity index (χ0n) is 9.22. The SMILES string of the molecule is COc1ccc(CNc2cc(Cl)ncn2)cn1. The average Bonchev–Trinajstić information content (AvgIpc) is 2.37. The molecule has 1 N–H and O–H groups in total. The minimum absolute atomic E-state index is 0.412. The van der Waals surface area contributed by atoms with Gasteiger partial charge in [0.15, 0.2) is 0 Å². The quantitative estimate of drug-likeness (QED) is 0.843. The number of hydrogen-bond acceptors (Lipinski definition) is 5. The van der Waals surface area contributed by atoms with Crippen LogP contribution < -0.4 is 10.1 Å². The molecule has 0 saturated carbocycles. The third-order valence-corrected chi connectivity index (χ3v) is 2.32. The molecule has 0 aliphatic rings. The van der Waals surface area contributed by atoms with Crippen LogP contribution >= 0.6 is 11.6 Å². The van der Waals surface area contributed by atoms with E-state index in [-0.39, 0.29) is 0 Å². The molecule has 0 aromatic carbocycles. The second kappa shape index (κ2) is 5.45. The Morgan fingerprint density at radius 1 is 1.29 bits per heavy atom. The molecule has 0 aliphatic carbocycles. The summed E-state index contributed by atoms with van der Waals surface area (Å²) in [6.45, 7) is 0.615. The standard InChI is InChI=1S/C11H11ClN4O/c1-17-11-3-2-8(6-14-11)5-13-10-4-9(12)15-7-16-10/h2-4,6-7H,5H2,1H3,(H,13,15,16). The Kier molecular flexibility index (Phi) is 3.72. The lowest BCUT2D eigenvalue weighted by Gasteiger charge is -2.05. The van der Waals surface area contributed by atoms with Crippen molar-refractivity contribution in [1.82, 2.24) is 15.0 Å². The topological polar surface area (TPSA) is 59.9 Å². The van der Waals surface area contributed by atoms with Crippen LogP contribution in [0.5, 0.6) is 5.88 Å². The lowest BCUT2D eigenvalue weighted by atomic mass is 10.3. The zero-order chi connectivity index (χ0) is 12.1. The van der Waals surface area contributed by atoms with Gasteiger partial charge in [0.25, 0.3) is 0 Å². The van der Waals surface area contributed by atoms with E-state index in [0.29, 0.717) is 23.4 Å². The molecular weight excluding hydrogens is 240 g/mol. The van der Waals surface area contributed by atoms with Gasteiger partial charge in [-0.05, 0) is 5.56 Å². The molecule has 0 fully saturated rings. The third-order valence-electron chi connectivity index (χ3n) is 2.11. The van der Waals surface area contributed by atoms with Gasteiger partial charge in [0.1, 0.15) is 17.3 Å². The summed E-state index contributed by atoms with van der Waals surface area (Å²) in [5.74, 6) is 1.28. The highest BCUT2D eigenvalue weighted by atomic mass is 35.5. The fourth-order valence-electron chi connectivity index (χ4n) is 1.26. The van der Waals surface area contributed by atoms with Crippen molar-refractivity contribution in [3.63, 3.8) is 0 Å². The van der Waals surface area contributed by atoms with Crippen LogP contribution in [0, 0.1) is 0 Å². The van der Waals surface area contributed by atoms with Crippen LogP contribution in [0.15, 0.2) is 30.7 Å². The maximum atomic E-state index is 5.75. The molecule has 6 heteroatoms. The molecular formula is C11H11ClN4O. The molecule has 2 heterocycles. The maximum absolute atomic E-state index is 5.75. The first kappa shape index (κ1) is 11.6. The van der Waals surface area contributed by atoms with Crippen molar-refractivity contribution in [2.75, 3.05) is 12.4 Å². The highest BCUT2D eigenvalue weighted by Crippen LogP contribution is 2.11. The number of methoxy groups -OCH3 is 1. The minimum atomic E-state index is 0.412. The predicted molar refractivity (Wildman–Crippen MR) is 65.2 cm³/mol. The largest absolute Gasteiger partial charge is 0.481 e. The number of hydrogen-bond donors (Lipinski definition) is 1. The van der Waals surface area contributed by atoms with Gasteiger partial charge in [0, 0.05) is 24.9 Å². The first-order valence-corrected chi connectivity index (χ1v) is 5.36. The van der Waals surface area contributed by atoms with Crippen molar-refractivity contribution in [1.29, 1.82) is 0 Å². The molecule has 0 atom stereocenters. The molecule has 0 saturated heterocycles. The summed E-state index contributed by atoms with van der Waals surface area (Å²) in [5, 5.41) is 3.54. The molecule has 0 aliphatic heterocycles. The number of aromatic nitrogens is 3. The molecule has 0 spiro atoms. The van der Waals surface area contributed by atoms with Gasteiger partial charge in [-0.25, -0.2) is 15.0 Å². The number of nitrogens with zero attached hydrogens (tertiary/aromatic N) is 3. The van der Waals surface area contributed by atoms with Crippen LogP contribution in [0.3, 0.4) is 0 Å². The van der Waals surface area contributed by atoms with Crippen molar-refractivity contribution in [2.24, 2.45) is 0 Å². The molecule has 88 valence electrons. The molecule has 2 aromatic rings. The van der Waals surface area contributed by atoms with Gasteiger partial charge in [-0.15, -0.1) is 0 Å². The molecule has 0 unspecified atom stereocenters. The maximum Gasteiger partial charge on any atom is 0.212 e. The Hall–Kier alpha value is -1.88. The Morgan fingerprint density at radius 3 is 2.82 bits per heavy atom. The van der Waals surface area contributed by atoms with Crippen LogP contribution in [0.25, 0.3) is 0 Å². The number of pyridine rings is 1. The molecule has 0 radical (unpaired) electrons.